The number of hydrogen-bond donors (Lipinski definition) is 1. The number of urea groups is 1. The molecule has 28 heavy (non-hydrogen) atoms. The smallest absolute Gasteiger partial charge is 0.328 e. The predicted octanol–water partition coefficient (Wildman–Crippen LogP) is 4.09. The van der Waals surface area contributed by atoms with Gasteiger partial charge < -0.3 is 14.8 Å². The number of nitrogens with zero attached hydrogens (tertiary/aromatic N) is 1. The highest BCUT2D eigenvalue weighted by molar-refractivity contribution is 9.10. The van der Waals surface area contributed by atoms with Crippen LogP contribution in [-0.2, 0) is 11.4 Å². The van der Waals surface area contributed by atoms with Crippen molar-refractivity contribution in [2.75, 3.05) is 13.7 Å². The summed E-state index contributed by atoms with van der Waals surface area (Å²) in [6, 6.07) is 9.03. The van der Waals surface area contributed by atoms with Crippen LogP contribution in [0, 0.1) is 5.82 Å². The van der Waals surface area contributed by atoms with Crippen molar-refractivity contribution in [3.05, 3.63) is 63.5 Å². The summed E-state index contributed by atoms with van der Waals surface area (Å²) < 4.78 is 24.9. The molecule has 0 atom stereocenters. The highest BCUT2D eigenvalue weighted by atomic mass is 79.9. The summed E-state index contributed by atoms with van der Waals surface area (Å²) in [6.45, 7) is 2.26. The first-order chi connectivity index (χ1) is 13.4. The minimum atomic E-state index is -0.441. The molecule has 0 aliphatic carbocycles. The van der Waals surface area contributed by atoms with Crippen LogP contribution < -0.4 is 14.8 Å². The first kappa shape index (κ1) is 19.9. The number of rotatable bonds is 6. The van der Waals surface area contributed by atoms with Crippen LogP contribution in [0.4, 0.5) is 9.18 Å². The quantitative estimate of drug-likeness (QED) is 0.533. The third-order valence-electron chi connectivity index (χ3n) is 4.14. The largest absolute Gasteiger partial charge is 0.493 e. The highest BCUT2D eigenvalue weighted by Crippen LogP contribution is 2.38. The summed E-state index contributed by atoms with van der Waals surface area (Å²) in [4.78, 5) is 25.1. The Morgan fingerprint density at radius 3 is 2.54 bits per heavy atom. The lowest BCUT2D eigenvalue weighted by Gasteiger charge is -2.14. The molecule has 0 aromatic heterocycles. The van der Waals surface area contributed by atoms with Crippen LogP contribution in [0.25, 0.3) is 6.08 Å². The van der Waals surface area contributed by atoms with Gasteiger partial charge in [-0.25, -0.2) is 9.18 Å². The van der Waals surface area contributed by atoms with Gasteiger partial charge in [0, 0.05) is 6.54 Å². The highest BCUT2D eigenvalue weighted by Gasteiger charge is 2.32. The van der Waals surface area contributed by atoms with Crippen LogP contribution in [0.1, 0.15) is 18.1 Å². The molecule has 3 rings (SSSR count). The van der Waals surface area contributed by atoms with E-state index in [-0.39, 0.29) is 24.0 Å². The second-order valence-corrected chi connectivity index (χ2v) is 6.84. The second kappa shape index (κ2) is 8.43. The van der Waals surface area contributed by atoms with Crippen LogP contribution in [0.5, 0.6) is 11.5 Å². The maximum absolute atomic E-state index is 13.0. The van der Waals surface area contributed by atoms with E-state index in [1.165, 1.54) is 19.2 Å². The fourth-order valence-electron chi connectivity index (χ4n) is 2.72. The number of nitrogens with one attached hydrogen (secondary N) is 1. The summed E-state index contributed by atoms with van der Waals surface area (Å²) in [7, 11) is 1.50. The molecule has 6 nitrogen and oxygen atoms in total. The topological polar surface area (TPSA) is 67.9 Å². The van der Waals surface area contributed by atoms with E-state index in [1.54, 1.807) is 37.3 Å². The van der Waals surface area contributed by atoms with E-state index >= 15 is 0 Å². The van der Waals surface area contributed by atoms with E-state index in [0.29, 0.717) is 28.1 Å². The summed E-state index contributed by atoms with van der Waals surface area (Å²) in [5.74, 6) is 0.243. The van der Waals surface area contributed by atoms with Crippen LogP contribution in [-0.4, -0.2) is 30.5 Å². The number of carbonyl (C=O) groups is 2. The normalized spacial score (nSPS) is 15.1. The zero-order valence-electron chi connectivity index (χ0n) is 15.3. The number of carbonyl (C=O) groups excluding carboxylic acids is 2. The maximum atomic E-state index is 13.0. The van der Waals surface area contributed by atoms with E-state index in [2.05, 4.69) is 21.2 Å². The van der Waals surface area contributed by atoms with E-state index in [1.807, 2.05) is 0 Å². The van der Waals surface area contributed by atoms with Gasteiger partial charge in [-0.2, -0.15) is 0 Å². The first-order valence-electron chi connectivity index (χ1n) is 8.52. The number of ether oxygens (including phenoxy) is 2. The van der Waals surface area contributed by atoms with E-state index in [9.17, 15) is 14.0 Å². The fourth-order valence-corrected chi connectivity index (χ4v) is 3.30. The van der Waals surface area contributed by atoms with Crippen molar-refractivity contribution in [1.82, 2.24) is 10.2 Å². The Morgan fingerprint density at radius 1 is 1.21 bits per heavy atom. The Morgan fingerprint density at radius 2 is 1.93 bits per heavy atom. The van der Waals surface area contributed by atoms with Crippen molar-refractivity contribution >= 4 is 33.9 Å². The zero-order chi connectivity index (χ0) is 20.3. The molecule has 0 bridgehead atoms. The van der Waals surface area contributed by atoms with Gasteiger partial charge in [-0.1, -0.05) is 12.1 Å². The van der Waals surface area contributed by atoms with Gasteiger partial charge in [0.15, 0.2) is 11.5 Å². The van der Waals surface area contributed by atoms with Crippen LogP contribution in [0.3, 0.4) is 0 Å². The third kappa shape index (κ3) is 4.17. The van der Waals surface area contributed by atoms with Gasteiger partial charge >= 0.3 is 6.03 Å². The first-order valence-corrected chi connectivity index (χ1v) is 9.31. The van der Waals surface area contributed by atoms with Crippen molar-refractivity contribution in [2.45, 2.75) is 13.5 Å². The van der Waals surface area contributed by atoms with E-state index in [4.69, 9.17) is 9.47 Å². The third-order valence-corrected chi connectivity index (χ3v) is 4.73. The molecule has 1 fully saturated rings. The van der Waals surface area contributed by atoms with Gasteiger partial charge in [-0.15, -0.1) is 0 Å². The fraction of sp³-hybridized carbons (Fsp3) is 0.200. The standard InChI is InChI=1S/C20H18BrFN2O4/c1-3-24-19(25)16(23-20(24)26)9-13-8-15(21)18(17(10-13)27-2)28-11-12-4-6-14(22)7-5-12/h4-10H,3,11H2,1-2H3,(H,23,26)/b16-9+. The SMILES string of the molecule is CCN1C(=O)N/C(=C/c2cc(Br)c(OCc3ccc(F)cc3)c(OC)c2)C1=O. The monoisotopic (exact) mass is 448 g/mol. The molecule has 0 unspecified atom stereocenters. The van der Waals surface area contributed by atoms with Crippen molar-refractivity contribution in [2.24, 2.45) is 0 Å². The second-order valence-electron chi connectivity index (χ2n) is 5.99. The number of likely N-dealkylation sites (N-methyl/N-ethyl adjacent to an activating group) is 1. The lowest BCUT2D eigenvalue weighted by molar-refractivity contribution is -0.122. The van der Waals surface area contributed by atoms with E-state index < -0.39 is 6.03 Å². The molecule has 1 aliphatic rings. The molecule has 2 aromatic carbocycles. The number of benzene rings is 2. The van der Waals surface area contributed by atoms with Crippen LogP contribution in [0.15, 0.2) is 46.6 Å². The maximum Gasteiger partial charge on any atom is 0.328 e. The van der Waals surface area contributed by atoms with Crippen LogP contribution in [0.2, 0.25) is 0 Å². The Kier molecular flexibility index (Phi) is 5.99. The van der Waals surface area contributed by atoms with Crippen molar-refractivity contribution < 1.29 is 23.5 Å². The average molecular weight is 449 g/mol. The van der Waals surface area contributed by atoms with Crippen molar-refractivity contribution in [3.8, 4) is 11.5 Å². The Labute approximate surface area is 170 Å². The molecule has 1 aliphatic heterocycles. The Bertz CT molecular complexity index is 944. The van der Waals surface area contributed by atoms with Crippen molar-refractivity contribution in [3.63, 3.8) is 0 Å². The molecule has 1 N–H and O–H groups in total. The van der Waals surface area contributed by atoms with Gasteiger partial charge in [0.1, 0.15) is 18.1 Å². The number of methoxy groups -OCH3 is 1. The summed E-state index contributed by atoms with van der Waals surface area (Å²) >= 11 is 3.45. The number of imide groups is 1. The molecular formula is C20H18BrFN2O4. The lowest BCUT2D eigenvalue weighted by atomic mass is 10.1. The molecular weight excluding hydrogens is 431 g/mol. The average Bonchev–Trinajstić information content (AvgIpc) is 2.94. The molecule has 2 aromatic rings. The number of amides is 3. The summed E-state index contributed by atoms with van der Waals surface area (Å²) in [6.07, 6.45) is 1.58. The zero-order valence-corrected chi connectivity index (χ0v) is 16.9. The molecule has 1 saturated heterocycles. The van der Waals surface area contributed by atoms with E-state index in [0.717, 1.165) is 10.5 Å². The molecule has 146 valence electrons. The summed E-state index contributed by atoms with van der Waals surface area (Å²) in [5.41, 5.74) is 1.65. The molecule has 0 saturated carbocycles. The minimum Gasteiger partial charge on any atom is -0.493 e. The Balaban J connectivity index is 1.83. The van der Waals surface area contributed by atoms with Crippen molar-refractivity contribution in [1.29, 1.82) is 0 Å². The van der Waals surface area contributed by atoms with Gasteiger partial charge in [-0.05, 0) is 64.3 Å². The van der Waals surface area contributed by atoms with Crippen LogP contribution >= 0.6 is 15.9 Å². The molecule has 3 amide bonds. The Hall–Kier alpha value is -2.87. The molecule has 1 heterocycles. The summed E-state index contributed by atoms with van der Waals surface area (Å²) in [5, 5.41) is 2.56. The van der Waals surface area contributed by atoms with Gasteiger partial charge in [0.05, 0.1) is 11.6 Å². The predicted molar refractivity (Wildman–Crippen MR) is 105 cm³/mol. The number of hydrogen-bond acceptors (Lipinski definition) is 4. The molecule has 0 radical (unpaired) electrons. The van der Waals surface area contributed by atoms with Gasteiger partial charge in [-0.3, -0.25) is 9.69 Å². The minimum absolute atomic E-state index is 0.195. The van der Waals surface area contributed by atoms with Gasteiger partial charge in [0.2, 0.25) is 0 Å². The molecule has 8 heteroatoms. The van der Waals surface area contributed by atoms with Gasteiger partial charge in [0.25, 0.3) is 5.91 Å². The number of halogens is 2. The lowest BCUT2D eigenvalue weighted by Crippen LogP contribution is -2.30. The molecule has 0 spiro atoms.